The lowest BCUT2D eigenvalue weighted by molar-refractivity contribution is 0.255. The van der Waals surface area contributed by atoms with Crippen molar-refractivity contribution < 1.29 is 4.79 Å². The molecule has 0 unspecified atom stereocenters. The highest BCUT2D eigenvalue weighted by Crippen LogP contribution is 2.35. The number of nitrogens with one attached hydrogen (secondary N) is 2. The van der Waals surface area contributed by atoms with Crippen LogP contribution in [0.25, 0.3) is 0 Å². The second-order valence-corrected chi connectivity index (χ2v) is 4.48. The van der Waals surface area contributed by atoms with Crippen molar-refractivity contribution in [2.75, 3.05) is 5.32 Å². The Kier molecular flexibility index (Phi) is 3.42. The molecule has 1 fully saturated rings. The van der Waals surface area contributed by atoms with Crippen molar-refractivity contribution in [3.8, 4) is 0 Å². The van der Waals surface area contributed by atoms with Crippen molar-refractivity contribution in [3.05, 3.63) is 35.7 Å². The van der Waals surface area contributed by atoms with Crippen LogP contribution >= 0.6 is 0 Å². The summed E-state index contributed by atoms with van der Waals surface area (Å²) in [4.78, 5) is 15.6. The summed E-state index contributed by atoms with van der Waals surface area (Å²) in [6.45, 7) is 4.00. The number of aromatic nitrogens is 1. The number of anilines is 1. The minimum atomic E-state index is -0.247. The second-order valence-electron chi connectivity index (χ2n) is 4.48. The van der Waals surface area contributed by atoms with E-state index in [9.17, 15) is 4.79 Å². The molecule has 90 valence electrons. The molecule has 17 heavy (non-hydrogen) atoms. The molecule has 4 heteroatoms. The van der Waals surface area contributed by atoms with E-state index < -0.39 is 0 Å². The molecule has 1 saturated carbocycles. The second kappa shape index (κ2) is 4.99. The molecule has 0 spiro atoms. The van der Waals surface area contributed by atoms with Crippen LogP contribution in [0.5, 0.6) is 0 Å². The Balaban J connectivity index is 1.86. The average molecular weight is 231 g/mol. The van der Waals surface area contributed by atoms with Crippen LogP contribution in [-0.4, -0.2) is 11.0 Å². The van der Waals surface area contributed by atoms with Gasteiger partial charge in [-0.3, -0.25) is 5.32 Å². The molecule has 0 saturated heterocycles. The Morgan fingerprint density at radius 2 is 2.29 bits per heavy atom. The van der Waals surface area contributed by atoms with E-state index in [0.717, 1.165) is 5.56 Å². The van der Waals surface area contributed by atoms with Crippen molar-refractivity contribution in [3.63, 3.8) is 0 Å². The lowest BCUT2D eigenvalue weighted by atomic mass is 10.2. The van der Waals surface area contributed by atoms with Gasteiger partial charge >= 0.3 is 6.03 Å². The first kappa shape index (κ1) is 11.6. The molecule has 0 atom stereocenters. The molecule has 0 bridgehead atoms. The number of hydrogen-bond donors (Lipinski definition) is 2. The molecule has 1 aromatic rings. The van der Waals surface area contributed by atoms with Gasteiger partial charge in [-0.05, 0) is 50.3 Å². The Morgan fingerprint density at radius 1 is 1.53 bits per heavy atom. The van der Waals surface area contributed by atoms with E-state index in [1.165, 1.54) is 18.4 Å². The molecule has 4 nitrogen and oxygen atoms in total. The highest BCUT2D eigenvalue weighted by Gasteiger charge is 2.22. The monoisotopic (exact) mass is 231 g/mol. The minimum absolute atomic E-state index is 0.247. The number of carbonyl (C=O) groups is 1. The summed E-state index contributed by atoms with van der Waals surface area (Å²) in [5, 5.41) is 5.41. The summed E-state index contributed by atoms with van der Waals surface area (Å²) in [6.07, 6.45) is 5.94. The van der Waals surface area contributed by atoms with Gasteiger partial charge in [0.05, 0.1) is 0 Å². The Morgan fingerprint density at radius 3 is 2.94 bits per heavy atom. The van der Waals surface area contributed by atoms with Gasteiger partial charge in [0.25, 0.3) is 0 Å². The standard InChI is InChI=1S/C13H17N3O/c1-9-5-6-14-12(7-9)16-13(17)15-8-10(2)11-3-4-11/h5-8,11H,3-4H2,1-2H3,(H2,14,15,16,17)/b10-8+. The Bertz CT molecular complexity index is 450. The predicted molar refractivity (Wildman–Crippen MR) is 67.6 cm³/mol. The molecule has 2 rings (SSSR count). The van der Waals surface area contributed by atoms with Crippen LogP contribution < -0.4 is 10.6 Å². The lowest BCUT2D eigenvalue weighted by Gasteiger charge is -2.05. The number of aryl methyl sites for hydroxylation is 1. The largest absolute Gasteiger partial charge is 0.324 e. The van der Waals surface area contributed by atoms with E-state index in [2.05, 4.69) is 15.6 Å². The highest BCUT2D eigenvalue weighted by molar-refractivity contribution is 5.88. The molecule has 0 aliphatic heterocycles. The fraction of sp³-hybridized carbons (Fsp3) is 0.385. The molecule has 0 radical (unpaired) electrons. The van der Waals surface area contributed by atoms with Gasteiger partial charge in [-0.15, -0.1) is 0 Å². The number of hydrogen-bond acceptors (Lipinski definition) is 2. The number of rotatable bonds is 3. The van der Waals surface area contributed by atoms with E-state index in [1.54, 1.807) is 12.4 Å². The van der Waals surface area contributed by atoms with Crippen LogP contribution in [0.2, 0.25) is 0 Å². The summed E-state index contributed by atoms with van der Waals surface area (Å²) in [7, 11) is 0. The lowest BCUT2D eigenvalue weighted by Crippen LogP contribution is -2.24. The molecular weight excluding hydrogens is 214 g/mol. The third-order valence-corrected chi connectivity index (χ3v) is 2.81. The maximum atomic E-state index is 11.6. The van der Waals surface area contributed by atoms with E-state index in [4.69, 9.17) is 0 Å². The summed E-state index contributed by atoms with van der Waals surface area (Å²) >= 11 is 0. The van der Waals surface area contributed by atoms with Crippen molar-refractivity contribution in [2.45, 2.75) is 26.7 Å². The van der Waals surface area contributed by atoms with Gasteiger partial charge in [-0.2, -0.15) is 0 Å². The van der Waals surface area contributed by atoms with Crippen LogP contribution in [0, 0.1) is 12.8 Å². The Hall–Kier alpha value is -1.84. The zero-order valence-corrected chi connectivity index (χ0v) is 10.2. The normalized spacial score (nSPS) is 15.5. The van der Waals surface area contributed by atoms with Crippen LogP contribution in [0.15, 0.2) is 30.1 Å². The molecule has 2 N–H and O–H groups in total. The maximum absolute atomic E-state index is 11.6. The summed E-state index contributed by atoms with van der Waals surface area (Å²) < 4.78 is 0. The van der Waals surface area contributed by atoms with E-state index in [1.807, 2.05) is 26.0 Å². The first-order valence-corrected chi connectivity index (χ1v) is 5.82. The number of nitrogens with zero attached hydrogens (tertiary/aromatic N) is 1. The molecule has 1 heterocycles. The first-order valence-electron chi connectivity index (χ1n) is 5.82. The highest BCUT2D eigenvalue weighted by atomic mass is 16.2. The molecule has 1 aromatic heterocycles. The van der Waals surface area contributed by atoms with Gasteiger partial charge in [0, 0.05) is 12.4 Å². The van der Waals surface area contributed by atoms with Crippen LogP contribution in [0.1, 0.15) is 25.3 Å². The molecule has 0 aromatic carbocycles. The minimum Gasteiger partial charge on any atom is -0.314 e. The van der Waals surface area contributed by atoms with Crippen molar-refractivity contribution in [1.29, 1.82) is 0 Å². The van der Waals surface area contributed by atoms with Gasteiger partial charge in [0.1, 0.15) is 5.82 Å². The smallest absolute Gasteiger partial charge is 0.314 e. The number of urea groups is 1. The molecular formula is C13H17N3O. The molecule has 2 amide bonds. The molecule has 1 aliphatic carbocycles. The third kappa shape index (κ3) is 3.59. The number of carbonyl (C=O) groups excluding carboxylic acids is 1. The van der Waals surface area contributed by atoms with Gasteiger partial charge in [0.2, 0.25) is 0 Å². The number of amides is 2. The van der Waals surface area contributed by atoms with Gasteiger partial charge in [-0.25, -0.2) is 9.78 Å². The maximum Gasteiger partial charge on any atom is 0.324 e. The van der Waals surface area contributed by atoms with E-state index >= 15 is 0 Å². The predicted octanol–water partition coefficient (Wildman–Crippen LogP) is 2.83. The summed E-state index contributed by atoms with van der Waals surface area (Å²) in [5.41, 5.74) is 2.30. The van der Waals surface area contributed by atoms with Gasteiger partial charge in [0.15, 0.2) is 0 Å². The number of allylic oxidation sites excluding steroid dienone is 1. The van der Waals surface area contributed by atoms with Crippen LogP contribution in [0.4, 0.5) is 10.6 Å². The van der Waals surface area contributed by atoms with Crippen molar-refractivity contribution >= 4 is 11.8 Å². The third-order valence-electron chi connectivity index (χ3n) is 2.81. The quantitative estimate of drug-likeness (QED) is 0.840. The topological polar surface area (TPSA) is 54.0 Å². The Labute approximate surface area is 101 Å². The van der Waals surface area contributed by atoms with E-state index in [-0.39, 0.29) is 6.03 Å². The van der Waals surface area contributed by atoms with Crippen molar-refractivity contribution in [1.82, 2.24) is 10.3 Å². The fourth-order valence-corrected chi connectivity index (χ4v) is 1.59. The summed E-state index contributed by atoms with van der Waals surface area (Å²) in [6, 6.07) is 3.47. The van der Waals surface area contributed by atoms with Crippen LogP contribution in [0.3, 0.4) is 0 Å². The number of pyridine rings is 1. The van der Waals surface area contributed by atoms with Crippen molar-refractivity contribution in [2.24, 2.45) is 5.92 Å². The average Bonchev–Trinajstić information content (AvgIpc) is 3.09. The van der Waals surface area contributed by atoms with Crippen LogP contribution in [-0.2, 0) is 0 Å². The zero-order valence-electron chi connectivity index (χ0n) is 10.2. The summed E-state index contributed by atoms with van der Waals surface area (Å²) in [5.74, 6) is 1.24. The SMILES string of the molecule is C/C(=C\NC(=O)Nc1cc(C)ccn1)C1CC1. The fourth-order valence-electron chi connectivity index (χ4n) is 1.59. The van der Waals surface area contributed by atoms with E-state index in [0.29, 0.717) is 11.7 Å². The van der Waals surface area contributed by atoms with Gasteiger partial charge < -0.3 is 5.32 Å². The van der Waals surface area contributed by atoms with Gasteiger partial charge in [-0.1, -0.05) is 5.57 Å². The molecule has 1 aliphatic rings. The first-order chi connectivity index (χ1) is 8.15. The zero-order chi connectivity index (χ0) is 12.3.